The molecule has 2 aromatic heterocycles. The second kappa shape index (κ2) is 7.27. The van der Waals surface area contributed by atoms with Gasteiger partial charge in [0.25, 0.3) is 10.0 Å². The van der Waals surface area contributed by atoms with Crippen molar-refractivity contribution in [1.29, 1.82) is 0 Å². The van der Waals surface area contributed by atoms with Crippen LogP contribution in [0.3, 0.4) is 0 Å². The number of anilines is 2. The van der Waals surface area contributed by atoms with Crippen molar-refractivity contribution in [2.75, 3.05) is 10.0 Å². The molecule has 8 heteroatoms. The van der Waals surface area contributed by atoms with E-state index in [9.17, 15) is 8.42 Å². The summed E-state index contributed by atoms with van der Waals surface area (Å²) >= 11 is 0. The highest BCUT2D eigenvalue weighted by molar-refractivity contribution is 7.92. The molecule has 0 radical (unpaired) electrons. The Morgan fingerprint density at radius 2 is 1.80 bits per heavy atom. The van der Waals surface area contributed by atoms with Crippen molar-refractivity contribution in [1.82, 2.24) is 15.2 Å². The summed E-state index contributed by atoms with van der Waals surface area (Å²) in [6.07, 6.45) is 3.46. The first-order valence-corrected chi connectivity index (χ1v) is 9.07. The number of rotatable bonds is 6. The highest BCUT2D eigenvalue weighted by atomic mass is 32.2. The van der Waals surface area contributed by atoms with Crippen molar-refractivity contribution in [2.24, 2.45) is 0 Å². The van der Waals surface area contributed by atoms with E-state index in [0.29, 0.717) is 12.4 Å². The molecule has 128 valence electrons. The monoisotopic (exact) mass is 355 g/mol. The number of aryl methyl sites for hydroxylation is 1. The first kappa shape index (κ1) is 16.8. The molecule has 0 unspecified atom stereocenters. The second-order valence-corrected chi connectivity index (χ2v) is 7.12. The third kappa shape index (κ3) is 4.51. The predicted octanol–water partition coefficient (Wildman–Crippen LogP) is 2.59. The molecular weight excluding hydrogens is 338 g/mol. The minimum Gasteiger partial charge on any atom is -0.364 e. The molecule has 2 N–H and O–H groups in total. The number of benzene rings is 1. The molecule has 0 saturated carbocycles. The average Bonchev–Trinajstić information content (AvgIpc) is 2.62. The van der Waals surface area contributed by atoms with Gasteiger partial charge in [-0.1, -0.05) is 18.2 Å². The first-order valence-electron chi connectivity index (χ1n) is 7.59. The lowest BCUT2D eigenvalue weighted by Gasteiger charge is -2.08. The molecule has 0 aliphatic heterocycles. The van der Waals surface area contributed by atoms with Crippen LogP contribution in [0.5, 0.6) is 0 Å². The largest absolute Gasteiger partial charge is 0.364 e. The summed E-state index contributed by atoms with van der Waals surface area (Å²) in [6.45, 7) is 2.39. The maximum absolute atomic E-state index is 12.3. The standard InChI is InChI=1S/C17H17N5O2S/c1-13-4-2-6-15(10-13)25(23,24)22-17-8-7-16(20-21-17)19-12-14-5-3-9-18-11-14/h2-11H,12H2,1H3,(H,19,20)(H,21,22). The van der Waals surface area contributed by atoms with Gasteiger partial charge in [0.05, 0.1) is 4.90 Å². The van der Waals surface area contributed by atoms with Crippen molar-refractivity contribution in [3.63, 3.8) is 0 Å². The fourth-order valence-corrected chi connectivity index (χ4v) is 3.26. The van der Waals surface area contributed by atoms with Gasteiger partial charge >= 0.3 is 0 Å². The maximum atomic E-state index is 12.3. The number of pyridine rings is 1. The third-order valence-electron chi connectivity index (χ3n) is 3.40. The van der Waals surface area contributed by atoms with Gasteiger partial charge in [-0.25, -0.2) is 8.42 Å². The van der Waals surface area contributed by atoms with Crippen LogP contribution >= 0.6 is 0 Å². The summed E-state index contributed by atoms with van der Waals surface area (Å²) in [6, 6.07) is 13.7. The van der Waals surface area contributed by atoms with Gasteiger partial charge in [-0.3, -0.25) is 9.71 Å². The van der Waals surface area contributed by atoms with Gasteiger partial charge in [0.1, 0.15) is 5.82 Å². The highest BCUT2D eigenvalue weighted by Crippen LogP contribution is 2.16. The zero-order valence-corrected chi connectivity index (χ0v) is 14.4. The molecule has 0 aliphatic carbocycles. The lowest BCUT2D eigenvalue weighted by atomic mass is 10.2. The maximum Gasteiger partial charge on any atom is 0.263 e. The smallest absolute Gasteiger partial charge is 0.263 e. The van der Waals surface area contributed by atoms with E-state index in [1.807, 2.05) is 25.1 Å². The lowest BCUT2D eigenvalue weighted by Crippen LogP contribution is -2.14. The van der Waals surface area contributed by atoms with Crippen LogP contribution in [0.15, 0.2) is 65.8 Å². The molecule has 0 aliphatic rings. The molecule has 1 aromatic carbocycles. The van der Waals surface area contributed by atoms with Crippen molar-refractivity contribution in [3.8, 4) is 0 Å². The van der Waals surface area contributed by atoms with E-state index in [1.54, 1.807) is 36.7 Å². The summed E-state index contributed by atoms with van der Waals surface area (Å²) in [5, 5.41) is 11.0. The number of nitrogens with zero attached hydrogens (tertiary/aromatic N) is 3. The minimum atomic E-state index is -3.69. The van der Waals surface area contributed by atoms with Crippen molar-refractivity contribution in [3.05, 3.63) is 72.1 Å². The molecule has 0 amide bonds. The molecule has 0 bridgehead atoms. The lowest BCUT2D eigenvalue weighted by molar-refractivity contribution is 0.601. The Balaban J connectivity index is 1.66. The number of hydrogen-bond donors (Lipinski definition) is 2. The van der Waals surface area contributed by atoms with E-state index >= 15 is 0 Å². The van der Waals surface area contributed by atoms with E-state index < -0.39 is 10.0 Å². The molecule has 7 nitrogen and oxygen atoms in total. The van der Waals surface area contributed by atoms with E-state index in [2.05, 4.69) is 25.2 Å². The molecule has 3 aromatic rings. The van der Waals surface area contributed by atoms with Crippen molar-refractivity contribution >= 4 is 21.7 Å². The van der Waals surface area contributed by atoms with E-state index in [4.69, 9.17) is 0 Å². The molecular formula is C17H17N5O2S. The Bertz CT molecular complexity index is 944. The van der Waals surface area contributed by atoms with Crippen LogP contribution in [0.2, 0.25) is 0 Å². The molecule has 0 fully saturated rings. The van der Waals surface area contributed by atoms with E-state index in [-0.39, 0.29) is 10.7 Å². The molecule has 0 spiro atoms. The SMILES string of the molecule is Cc1cccc(S(=O)(=O)Nc2ccc(NCc3cccnc3)nn2)c1. The van der Waals surface area contributed by atoms with Crippen LogP contribution < -0.4 is 10.0 Å². The Morgan fingerprint density at radius 3 is 2.48 bits per heavy atom. The van der Waals surface area contributed by atoms with Crippen LogP contribution in [0.4, 0.5) is 11.6 Å². The Kier molecular flexibility index (Phi) is 4.90. The highest BCUT2D eigenvalue weighted by Gasteiger charge is 2.15. The summed E-state index contributed by atoms with van der Waals surface area (Å²) in [5.41, 5.74) is 1.87. The molecule has 0 atom stereocenters. The number of sulfonamides is 1. The fourth-order valence-electron chi connectivity index (χ4n) is 2.16. The molecule has 2 heterocycles. The van der Waals surface area contributed by atoms with Gasteiger partial charge in [0.15, 0.2) is 5.82 Å². The number of hydrogen-bond acceptors (Lipinski definition) is 6. The summed E-state index contributed by atoms with van der Waals surface area (Å²) in [7, 11) is -3.69. The average molecular weight is 355 g/mol. The van der Waals surface area contributed by atoms with E-state index in [1.165, 1.54) is 6.07 Å². The van der Waals surface area contributed by atoms with E-state index in [0.717, 1.165) is 11.1 Å². The van der Waals surface area contributed by atoms with Gasteiger partial charge in [-0.15, -0.1) is 10.2 Å². The molecule has 25 heavy (non-hydrogen) atoms. The number of nitrogens with one attached hydrogen (secondary N) is 2. The predicted molar refractivity (Wildman–Crippen MR) is 95.6 cm³/mol. The van der Waals surface area contributed by atoms with Crippen molar-refractivity contribution in [2.45, 2.75) is 18.4 Å². The molecule has 0 saturated heterocycles. The zero-order valence-electron chi connectivity index (χ0n) is 13.5. The Labute approximate surface area is 146 Å². The summed E-state index contributed by atoms with van der Waals surface area (Å²) in [5.74, 6) is 0.704. The topological polar surface area (TPSA) is 96.9 Å². The second-order valence-electron chi connectivity index (χ2n) is 5.44. The quantitative estimate of drug-likeness (QED) is 0.705. The third-order valence-corrected chi connectivity index (χ3v) is 4.75. The Morgan fingerprint density at radius 1 is 1.00 bits per heavy atom. The van der Waals surface area contributed by atoms with Crippen LogP contribution in [0.25, 0.3) is 0 Å². The van der Waals surface area contributed by atoms with Crippen LogP contribution in [-0.2, 0) is 16.6 Å². The molecule has 3 rings (SSSR count). The van der Waals surface area contributed by atoms with Gasteiger partial charge in [-0.2, -0.15) is 0 Å². The van der Waals surface area contributed by atoms with Gasteiger partial charge < -0.3 is 5.32 Å². The normalized spacial score (nSPS) is 11.1. The van der Waals surface area contributed by atoms with Crippen LogP contribution in [0, 0.1) is 6.92 Å². The zero-order chi connectivity index (χ0) is 17.7. The fraction of sp³-hybridized carbons (Fsp3) is 0.118. The van der Waals surface area contributed by atoms with Crippen LogP contribution in [-0.4, -0.2) is 23.6 Å². The van der Waals surface area contributed by atoms with Gasteiger partial charge in [0, 0.05) is 18.9 Å². The summed E-state index contributed by atoms with van der Waals surface area (Å²) in [4.78, 5) is 4.22. The van der Waals surface area contributed by atoms with Gasteiger partial charge in [0.2, 0.25) is 0 Å². The number of aromatic nitrogens is 3. The Hall–Kier alpha value is -3.00. The first-order chi connectivity index (χ1) is 12.0. The minimum absolute atomic E-state index is 0.161. The summed E-state index contributed by atoms with van der Waals surface area (Å²) < 4.78 is 27.1. The van der Waals surface area contributed by atoms with Crippen molar-refractivity contribution < 1.29 is 8.42 Å². The van der Waals surface area contributed by atoms with Gasteiger partial charge in [-0.05, 0) is 48.4 Å². The van der Waals surface area contributed by atoms with Crippen LogP contribution in [0.1, 0.15) is 11.1 Å².